The highest BCUT2D eigenvalue weighted by Gasteiger charge is 2.23. The molecule has 0 fully saturated rings. The van der Waals surface area contributed by atoms with Gasteiger partial charge in [0.15, 0.2) is 0 Å². The van der Waals surface area contributed by atoms with Gasteiger partial charge in [0.25, 0.3) is 15.9 Å². The number of anilines is 3. The Labute approximate surface area is 225 Å². The lowest BCUT2D eigenvalue weighted by Gasteiger charge is -2.20. The molecule has 0 radical (unpaired) electrons. The van der Waals surface area contributed by atoms with Crippen molar-refractivity contribution in [1.82, 2.24) is 5.32 Å². The number of imide groups is 1. The number of aromatic carboxylic acids is 2. The number of primary amides is 1. The van der Waals surface area contributed by atoms with Gasteiger partial charge in [0.05, 0.1) is 23.0 Å². The van der Waals surface area contributed by atoms with Crippen LogP contribution in [0.5, 0.6) is 5.75 Å². The van der Waals surface area contributed by atoms with Crippen molar-refractivity contribution in [2.24, 2.45) is 5.73 Å². The van der Waals surface area contributed by atoms with Crippen LogP contribution in [0.15, 0.2) is 65.6 Å². The van der Waals surface area contributed by atoms with Gasteiger partial charge in [-0.05, 0) is 42.5 Å². The summed E-state index contributed by atoms with van der Waals surface area (Å²) < 4.78 is 27.8. The van der Waals surface area contributed by atoms with Gasteiger partial charge >= 0.3 is 12.0 Å². The zero-order valence-electron chi connectivity index (χ0n) is 20.1. The summed E-state index contributed by atoms with van der Waals surface area (Å²) in [5.41, 5.74) is 2.99. The number of urea groups is 1. The molecule has 3 aromatic carbocycles. The summed E-state index contributed by atoms with van der Waals surface area (Å²) in [6.45, 7) is -0.559. The van der Waals surface area contributed by atoms with Crippen LogP contribution in [0.1, 0.15) is 31.1 Å². The van der Waals surface area contributed by atoms with Gasteiger partial charge in [0, 0.05) is 28.2 Å². The number of amides is 4. The lowest BCUT2D eigenvalue weighted by molar-refractivity contribution is -0.267. The quantitative estimate of drug-likeness (QED) is 0.181. The monoisotopic (exact) mass is 569 g/mol. The molecular formula is C24H19N5O10S-2. The number of carboxylic acid groups (broad SMARTS) is 2. The Bertz CT molecular complexity index is 1640. The van der Waals surface area contributed by atoms with Crippen LogP contribution in [-0.2, 0) is 14.8 Å². The third-order valence-electron chi connectivity index (χ3n) is 5.08. The van der Waals surface area contributed by atoms with Crippen molar-refractivity contribution in [3.05, 3.63) is 77.4 Å². The minimum Gasteiger partial charge on any atom is -0.871 e. The molecule has 0 saturated carbocycles. The van der Waals surface area contributed by atoms with Crippen LogP contribution in [0.4, 0.5) is 21.9 Å². The number of carbonyl (C=O) groups excluding carboxylic acids is 4. The Morgan fingerprint density at radius 2 is 1.60 bits per heavy atom. The summed E-state index contributed by atoms with van der Waals surface area (Å²) in [5.74, 6) is -5.83. The summed E-state index contributed by atoms with van der Waals surface area (Å²) in [6, 6.07) is 10.2. The fourth-order valence-electron chi connectivity index (χ4n) is 3.36. The normalized spacial score (nSPS) is 10.7. The van der Waals surface area contributed by atoms with Gasteiger partial charge in [-0.3, -0.25) is 19.6 Å². The molecule has 0 bridgehead atoms. The number of nitrogens with two attached hydrogens (primary N) is 1. The fourth-order valence-corrected chi connectivity index (χ4v) is 4.64. The van der Waals surface area contributed by atoms with E-state index in [0.717, 1.165) is 18.2 Å². The number of carboxylic acids is 2. The molecule has 0 aliphatic carbocycles. The van der Waals surface area contributed by atoms with Crippen molar-refractivity contribution < 1.29 is 47.7 Å². The second kappa shape index (κ2) is 11.8. The Balaban J connectivity index is 1.79. The number of sulfonamides is 1. The maximum Gasteiger partial charge on any atom is 0.335 e. The third-order valence-corrected chi connectivity index (χ3v) is 6.49. The first-order chi connectivity index (χ1) is 18.8. The predicted molar refractivity (Wildman–Crippen MR) is 135 cm³/mol. The lowest BCUT2D eigenvalue weighted by atomic mass is 10.1. The van der Waals surface area contributed by atoms with Gasteiger partial charge in [-0.1, -0.05) is 23.9 Å². The molecule has 0 spiro atoms. The second-order valence-corrected chi connectivity index (χ2v) is 9.54. The first-order valence-electron chi connectivity index (χ1n) is 10.9. The van der Waals surface area contributed by atoms with Crippen molar-refractivity contribution >= 4 is 56.9 Å². The second-order valence-electron chi connectivity index (χ2n) is 7.89. The van der Waals surface area contributed by atoms with Crippen molar-refractivity contribution in [2.75, 3.05) is 21.9 Å². The molecule has 0 aliphatic heterocycles. The minimum atomic E-state index is -4.71. The Morgan fingerprint density at radius 3 is 2.23 bits per heavy atom. The highest BCUT2D eigenvalue weighted by Crippen LogP contribution is 2.29. The van der Waals surface area contributed by atoms with Gasteiger partial charge in [0.1, 0.15) is 0 Å². The number of carbonyl (C=O) groups is 5. The molecule has 3 rings (SSSR count). The molecule has 0 saturated heterocycles. The van der Waals surface area contributed by atoms with Gasteiger partial charge in [-0.2, -0.15) is 0 Å². The van der Waals surface area contributed by atoms with Crippen molar-refractivity contribution in [2.45, 2.75) is 4.90 Å². The van der Waals surface area contributed by atoms with Crippen LogP contribution in [0.3, 0.4) is 0 Å². The largest absolute Gasteiger partial charge is 0.871 e. The molecular weight excluding hydrogens is 550 g/mol. The Hall–Kier alpha value is -5.64. The maximum absolute atomic E-state index is 13.0. The summed E-state index contributed by atoms with van der Waals surface area (Å²) in [7, 11) is -4.71. The molecule has 4 amide bonds. The Morgan fingerprint density at radius 1 is 0.900 bits per heavy atom. The van der Waals surface area contributed by atoms with Crippen LogP contribution in [0.2, 0.25) is 0 Å². The van der Waals surface area contributed by atoms with Gasteiger partial charge in [-0.15, -0.1) is 0 Å². The zero-order chi connectivity index (χ0) is 29.6. The molecule has 15 nitrogen and oxygen atoms in total. The van der Waals surface area contributed by atoms with E-state index in [1.807, 2.05) is 10.0 Å². The van der Waals surface area contributed by atoms with Crippen LogP contribution >= 0.6 is 0 Å². The van der Waals surface area contributed by atoms with Crippen molar-refractivity contribution in [3.8, 4) is 5.75 Å². The first kappa shape index (κ1) is 28.9. The van der Waals surface area contributed by atoms with E-state index in [4.69, 9.17) is 10.8 Å². The molecule has 7 N–H and O–H groups in total. The highest BCUT2D eigenvalue weighted by atomic mass is 32.2. The average Bonchev–Trinajstić information content (AvgIpc) is 2.87. The van der Waals surface area contributed by atoms with E-state index in [9.17, 15) is 42.6 Å². The van der Waals surface area contributed by atoms with Gasteiger partial charge in [-0.25, -0.2) is 18.0 Å². The van der Waals surface area contributed by atoms with Crippen LogP contribution < -0.4 is 36.6 Å². The number of hydrogen-bond acceptors (Lipinski definition) is 10. The fraction of sp³-hybridized carbons (Fsp3) is 0.0417. The van der Waals surface area contributed by atoms with E-state index in [1.54, 1.807) is 0 Å². The maximum atomic E-state index is 13.0. The van der Waals surface area contributed by atoms with Gasteiger partial charge < -0.3 is 36.5 Å². The van der Waals surface area contributed by atoms with Crippen molar-refractivity contribution in [1.29, 1.82) is 0 Å². The molecule has 0 atom stereocenters. The van der Waals surface area contributed by atoms with E-state index in [1.165, 1.54) is 36.4 Å². The minimum absolute atomic E-state index is 0.00745. The molecule has 0 unspecified atom stereocenters. The standard InChI is InChI=1S/C24H21N5O10S/c25-24(37)28-21(32)12-3-1-4-14(9-12)27-19(31)11-26-16-5-2-6-18(20(16)23(35)36)40(38,39)29-15-8-7-13(22(33)34)10-17(15)30/h1-10,26,29-30H,11H2,(H,27,31)(H,33,34)(H,35,36)(H3,25,28,32,37)/p-2. The smallest absolute Gasteiger partial charge is 0.335 e. The van der Waals surface area contributed by atoms with Crippen molar-refractivity contribution in [3.63, 3.8) is 0 Å². The van der Waals surface area contributed by atoms with E-state index >= 15 is 0 Å². The zero-order valence-corrected chi connectivity index (χ0v) is 20.9. The summed E-state index contributed by atoms with van der Waals surface area (Å²) in [4.78, 5) is 57.3. The van der Waals surface area contributed by atoms with E-state index in [2.05, 4.69) is 10.6 Å². The highest BCUT2D eigenvalue weighted by molar-refractivity contribution is 7.92. The topological polar surface area (TPSA) is 260 Å². The van der Waals surface area contributed by atoms with E-state index in [0.29, 0.717) is 6.07 Å². The first-order valence-corrected chi connectivity index (χ1v) is 12.4. The van der Waals surface area contributed by atoms with Crippen LogP contribution in [0, 0.1) is 0 Å². The van der Waals surface area contributed by atoms with E-state index < -0.39 is 68.2 Å². The molecule has 0 aliphatic rings. The summed E-state index contributed by atoms with van der Waals surface area (Å²) >= 11 is 0. The predicted octanol–water partition coefficient (Wildman–Crippen LogP) is -0.518. The van der Waals surface area contributed by atoms with E-state index in [-0.39, 0.29) is 22.5 Å². The Kier molecular flexibility index (Phi) is 8.55. The molecule has 0 aromatic heterocycles. The number of rotatable bonds is 10. The molecule has 16 heteroatoms. The SMILES string of the molecule is NC(=O)NC(=O)c1cccc(NC(=O)CNc2cccc(S(=O)(=O)Nc3ccc(C(=O)O)cc3[O-])c2C(=O)[O-])c1. The van der Waals surface area contributed by atoms with Crippen LogP contribution in [0.25, 0.3) is 0 Å². The van der Waals surface area contributed by atoms with Crippen LogP contribution in [-0.4, -0.2) is 49.9 Å². The summed E-state index contributed by atoms with van der Waals surface area (Å²) in [6.07, 6.45) is 0. The number of hydrogen-bond donors (Lipinski definition) is 6. The average molecular weight is 570 g/mol. The number of benzene rings is 3. The molecule has 0 heterocycles. The molecule has 208 valence electrons. The molecule has 3 aromatic rings. The lowest BCUT2D eigenvalue weighted by Crippen LogP contribution is -2.35. The third kappa shape index (κ3) is 7.01. The number of nitrogens with one attached hydrogen (secondary N) is 4. The summed E-state index contributed by atoms with van der Waals surface area (Å²) in [5, 5.41) is 39.8. The van der Waals surface area contributed by atoms with Gasteiger partial charge in [0.2, 0.25) is 5.91 Å². The molecule has 40 heavy (non-hydrogen) atoms.